The zero-order chi connectivity index (χ0) is 11.5. The highest BCUT2D eigenvalue weighted by Gasteiger charge is 2.19. The first-order valence-electron chi connectivity index (χ1n) is 5.90. The predicted molar refractivity (Wildman–Crippen MR) is 68.9 cm³/mol. The highest BCUT2D eigenvalue weighted by molar-refractivity contribution is 5.46. The van der Waals surface area contributed by atoms with Gasteiger partial charge in [0.05, 0.1) is 19.3 Å². The van der Waals surface area contributed by atoms with E-state index in [2.05, 4.69) is 41.7 Å². The zero-order valence-electron chi connectivity index (χ0n) is 9.60. The molecule has 2 aromatic rings. The van der Waals surface area contributed by atoms with E-state index in [1.807, 2.05) is 18.2 Å². The first-order chi connectivity index (χ1) is 8.43. The third kappa shape index (κ3) is 2.17. The number of ether oxygens (including phenoxy) is 1. The van der Waals surface area contributed by atoms with Crippen molar-refractivity contribution in [2.45, 2.75) is 12.6 Å². The summed E-state index contributed by atoms with van der Waals surface area (Å²) in [7, 11) is 0. The number of hydrogen-bond acceptors (Lipinski definition) is 2. The molecule has 0 spiro atoms. The van der Waals surface area contributed by atoms with Gasteiger partial charge >= 0.3 is 0 Å². The summed E-state index contributed by atoms with van der Waals surface area (Å²) >= 11 is 0. The summed E-state index contributed by atoms with van der Waals surface area (Å²) in [5.74, 6) is 0. The highest BCUT2D eigenvalue weighted by atomic mass is 16.5. The molecule has 0 radical (unpaired) electrons. The molecule has 0 aliphatic carbocycles. The van der Waals surface area contributed by atoms with Crippen LogP contribution in [0.25, 0.3) is 0 Å². The van der Waals surface area contributed by atoms with E-state index >= 15 is 0 Å². The van der Waals surface area contributed by atoms with Crippen LogP contribution in [0.5, 0.6) is 0 Å². The van der Waals surface area contributed by atoms with Crippen molar-refractivity contribution in [2.75, 3.05) is 11.9 Å². The van der Waals surface area contributed by atoms with E-state index in [9.17, 15) is 0 Å². The van der Waals surface area contributed by atoms with E-state index in [0.29, 0.717) is 0 Å². The van der Waals surface area contributed by atoms with Gasteiger partial charge in [0.15, 0.2) is 0 Å². The van der Waals surface area contributed by atoms with E-state index in [1.165, 1.54) is 11.1 Å². The van der Waals surface area contributed by atoms with Crippen LogP contribution in [0.1, 0.15) is 17.2 Å². The summed E-state index contributed by atoms with van der Waals surface area (Å²) in [6.45, 7) is 1.45. The average molecular weight is 225 g/mol. The van der Waals surface area contributed by atoms with Crippen molar-refractivity contribution in [1.82, 2.24) is 0 Å². The van der Waals surface area contributed by atoms with Gasteiger partial charge in [-0.3, -0.25) is 0 Å². The minimum Gasteiger partial charge on any atom is -0.376 e. The Morgan fingerprint density at radius 3 is 2.59 bits per heavy atom. The van der Waals surface area contributed by atoms with Gasteiger partial charge in [-0.25, -0.2) is 0 Å². The highest BCUT2D eigenvalue weighted by Crippen LogP contribution is 2.27. The van der Waals surface area contributed by atoms with Gasteiger partial charge in [-0.2, -0.15) is 0 Å². The molecule has 0 amide bonds. The molecule has 3 rings (SSSR count). The van der Waals surface area contributed by atoms with Gasteiger partial charge in [0.1, 0.15) is 0 Å². The molecule has 0 saturated heterocycles. The Hall–Kier alpha value is -1.80. The number of fused-ring (bicyclic) bond motifs is 1. The van der Waals surface area contributed by atoms with E-state index in [4.69, 9.17) is 4.74 Å². The number of hydrogen-bond donors (Lipinski definition) is 1. The number of rotatable bonds is 2. The third-order valence-electron chi connectivity index (χ3n) is 3.09. The van der Waals surface area contributed by atoms with Crippen molar-refractivity contribution < 1.29 is 4.74 Å². The monoisotopic (exact) mass is 225 g/mol. The summed E-state index contributed by atoms with van der Waals surface area (Å²) in [6, 6.07) is 19.0. The number of nitrogens with one attached hydrogen (secondary N) is 1. The van der Waals surface area contributed by atoms with E-state index in [-0.39, 0.29) is 6.04 Å². The van der Waals surface area contributed by atoms with Crippen molar-refractivity contribution in [3.05, 3.63) is 65.7 Å². The molecule has 0 saturated carbocycles. The Morgan fingerprint density at radius 1 is 0.941 bits per heavy atom. The van der Waals surface area contributed by atoms with Crippen molar-refractivity contribution in [3.8, 4) is 0 Å². The van der Waals surface area contributed by atoms with Crippen LogP contribution in [-0.4, -0.2) is 6.61 Å². The van der Waals surface area contributed by atoms with Crippen molar-refractivity contribution in [2.24, 2.45) is 0 Å². The Balaban J connectivity index is 1.86. The molecule has 86 valence electrons. The molecule has 1 N–H and O–H groups in total. The smallest absolute Gasteiger partial charge is 0.0751 e. The maximum Gasteiger partial charge on any atom is 0.0751 e. The lowest BCUT2D eigenvalue weighted by Gasteiger charge is -2.27. The minimum atomic E-state index is 0.252. The number of anilines is 1. The van der Waals surface area contributed by atoms with Crippen molar-refractivity contribution in [1.29, 1.82) is 0 Å². The molecule has 1 unspecified atom stereocenters. The molecule has 2 nitrogen and oxygen atoms in total. The largest absolute Gasteiger partial charge is 0.376 e. The Labute approximate surface area is 101 Å². The molecular weight excluding hydrogens is 210 g/mol. The van der Waals surface area contributed by atoms with Crippen LogP contribution in [-0.2, 0) is 11.3 Å². The Kier molecular flexibility index (Phi) is 2.80. The third-order valence-corrected chi connectivity index (χ3v) is 3.09. The summed E-state index contributed by atoms with van der Waals surface area (Å²) < 4.78 is 5.62. The second-order valence-corrected chi connectivity index (χ2v) is 4.28. The van der Waals surface area contributed by atoms with Crippen LogP contribution in [0.15, 0.2) is 54.6 Å². The summed E-state index contributed by atoms with van der Waals surface area (Å²) in [5.41, 5.74) is 3.77. The van der Waals surface area contributed by atoms with Gasteiger partial charge in [0.25, 0.3) is 0 Å². The molecular formula is C15H15NO. The van der Waals surface area contributed by atoms with Gasteiger partial charge in [-0.15, -0.1) is 0 Å². The lowest BCUT2D eigenvalue weighted by Crippen LogP contribution is -2.23. The molecule has 2 heteroatoms. The molecule has 1 atom stereocenters. The standard InChI is InChI=1S/C15H15NO/c1-2-7-13(8-3-1)16-15-11-17-10-12-6-4-5-9-14(12)15/h1-9,15-16H,10-11H2. The second kappa shape index (κ2) is 4.60. The SMILES string of the molecule is c1ccc(NC2COCc3ccccc32)cc1. The van der Waals surface area contributed by atoms with E-state index in [1.54, 1.807) is 0 Å². The van der Waals surface area contributed by atoms with Crippen LogP contribution < -0.4 is 5.32 Å². The maximum atomic E-state index is 5.62. The van der Waals surface area contributed by atoms with Crippen LogP contribution >= 0.6 is 0 Å². The van der Waals surface area contributed by atoms with Gasteiger partial charge in [-0.05, 0) is 23.3 Å². The molecule has 2 aromatic carbocycles. The fourth-order valence-corrected chi connectivity index (χ4v) is 2.24. The fourth-order valence-electron chi connectivity index (χ4n) is 2.24. The second-order valence-electron chi connectivity index (χ2n) is 4.28. The van der Waals surface area contributed by atoms with Crippen LogP contribution in [0.2, 0.25) is 0 Å². The molecule has 1 aliphatic heterocycles. The normalized spacial score (nSPS) is 18.5. The molecule has 1 aliphatic rings. The first-order valence-corrected chi connectivity index (χ1v) is 5.90. The Morgan fingerprint density at radius 2 is 1.71 bits per heavy atom. The topological polar surface area (TPSA) is 21.3 Å². The molecule has 0 aromatic heterocycles. The lowest BCUT2D eigenvalue weighted by atomic mass is 9.99. The predicted octanol–water partition coefficient (Wildman–Crippen LogP) is 3.37. The summed E-state index contributed by atoms with van der Waals surface area (Å²) in [4.78, 5) is 0. The summed E-state index contributed by atoms with van der Waals surface area (Å²) in [6.07, 6.45) is 0. The van der Waals surface area contributed by atoms with E-state index < -0.39 is 0 Å². The molecule has 1 heterocycles. The van der Waals surface area contributed by atoms with Crippen LogP contribution in [0.3, 0.4) is 0 Å². The van der Waals surface area contributed by atoms with Crippen LogP contribution in [0, 0.1) is 0 Å². The number of benzene rings is 2. The zero-order valence-corrected chi connectivity index (χ0v) is 9.60. The van der Waals surface area contributed by atoms with Crippen molar-refractivity contribution in [3.63, 3.8) is 0 Å². The Bertz CT molecular complexity index is 495. The van der Waals surface area contributed by atoms with Gasteiger partial charge in [0, 0.05) is 5.69 Å². The average Bonchev–Trinajstić information content (AvgIpc) is 2.40. The van der Waals surface area contributed by atoms with Gasteiger partial charge in [-0.1, -0.05) is 42.5 Å². The van der Waals surface area contributed by atoms with Gasteiger partial charge in [0.2, 0.25) is 0 Å². The number of para-hydroxylation sites is 1. The quantitative estimate of drug-likeness (QED) is 0.846. The van der Waals surface area contributed by atoms with Crippen molar-refractivity contribution >= 4 is 5.69 Å². The maximum absolute atomic E-state index is 5.62. The summed E-state index contributed by atoms with van der Waals surface area (Å²) in [5, 5.41) is 3.51. The van der Waals surface area contributed by atoms with E-state index in [0.717, 1.165) is 18.9 Å². The van der Waals surface area contributed by atoms with Crippen LogP contribution in [0.4, 0.5) is 5.69 Å². The molecule has 0 bridgehead atoms. The fraction of sp³-hybridized carbons (Fsp3) is 0.200. The molecule has 0 fully saturated rings. The lowest BCUT2D eigenvalue weighted by molar-refractivity contribution is 0.0970. The van der Waals surface area contributed by atoms with Gasteiger partial charge < -0.3 is 10.1 Å². The molecule has 17 heavy (non-hydrogen) atoms. The first kappa shape index (κ1) is 10.4. The minimum absolute atomic E-state index is 0.252.